The van der Waals surface area contributed by atoms with Gasteiger partial charge in [-0.25, -0.2) is 4.79 Å². The molecular formula is C23H17F2N3O7. The van der Waals surface area contributed by atoms with Gasteiger partial charge in [0.1, 0.15) is 18.0 Å². The van der Waals surface area contributed by atoms with Crippen LogP contribution in [0.15, 0.2) is 69.9 Å². The molecule has 1 aromatic heterocycles. The molecule has 0 fully saturated rings. The molecule has 0 spiro atoms. The van der Waals surface area contributed by atoms with Gasteiger partial charge >= 0.3 is 12.4 Å². The minimum absolute atomic E-state index is 0.0349. The van der Waals surface area contributed by atoms with Crippen LogP contribution in [-0.2, 0) is 11.3 Å². The van der Waals surface area contributed by atoms with Crippen LogP contribution in [0.1, 0.15) is 0 Å². The van der Waals surface area contributed by atoms with E-state index < -0.39 is 29.7 Å². The van der Waals surface area contributed by atoms with Crippen LogP contribution in [-0.4, -0.2) is 29.1 Å². The van der Waals surface area contributed by atoms with Crippen molar-refractivity contribution in [3.05, 3.63) is 81.3 Å². The van der Waals surface area contributed by atoms with Gasteiger partial charge in [-0.15, -0.1) is 0 Å². The Labute approximate surface area is 195 Å². The van der Waals surface area contributed by atoms with Crippen LogP contribution in [0.3, 0.4) is 0 Å². The number of fused-ring (bicyclic) bond motifs is 1. The lowest BCUT2D eigenvalue weighted by Crippen LogP contribution is -2.24. The molecule has 12 heteroatoms. The third-order valence-corrected chi connectivity index (χ3v) is 5.04. The normalized spacial score (nSPS) is 11.0. The summed E-state index contributed by atoms with van der Waals surface area (Å²) in [5.41, 5.74) is 1.00. The maximum absolute atomic E-state index is 12.9. The number of rotatable bonds is 8. The lowest BCUT2D eigenvalue weighted by molar-refractivity contribution is -0.384. The van der Waals surface area contributed by atoms with Crippen LogP contribution in [0.5, 0.6) is 11.5 Å². The number of nitro groups is 1. The molecule has 4 aromatic rings. The zero-order chi connectivity index (χ0) is 25.1. The summed E-state index contributed by atoms with van der Waals surface area (Å²) in [6.07, 6.45) is 0. The van der Waals surface area contributed by atoms with Gasteiger partial charge in [-0.05, 0) is 42.0 Å². The van der Waals surface area contributed by atoms with Crippen molar-refractivity contribution in [3.8, 4) is 22.6 Å². The number of amides is 1. The molecule has 10 nitrogen and oxygen atoms in total. The number of ether oxygens (including phenoxy) is 2. The van der Waals surface area contributed by atoms with E-state index in [4.69, 9.17) is 9.15 Å². The molecule has 3 aromatic carbocycles. The van der Waals surface area contributed by atoms with Gasteiger partial charge in [0.15, 0.2) is 5.58 Å². The van der Waals surface area contributed by atoms with Crippen LogP contribution < -0.4 is 20.5 Å². The molecule has 0 aliphatic rings. The number of hydrogen-bond donors (Lipinski definition) is 1. The lowest BCUT2D eigenvalue weighted by atomic mass is 10.0. The van der Waals surface area contributed by atoms with Gasteiger partial charge in [0.05, 0.1) is 23.6 Å². The highest BCUT2D eigenvalue weighted by Crippen LogP contribution is 2.34. The highest BCUT2D eigenvalue weighted by Gasteiger charge is 2.17. The first-order valence-corrected chi connectivity index (χ1v) is 10.1. The Balaban J connectivity index is 1.60. The summed E-state index contributed by atoms with van der Waals surface area (Å²) >= 11 is 0. The minimum Gasteiger partial charge on any atom is -0.497 e. The topological polar surface area (TPSA) is 126 Å². The van der Waals surface area contributed by atoms with Gasteiger partial charge in [-0.1, -0.05) is 12.1 Å². The van der Waals surface area contributed by atoms with Crippen molar-refractivity contribution in [3.63, 3.8) is 0 Å². The van der Waals surface area contributed by atoms with Crippen LogP contribution in [0.4, 0.5) is 20.2 Å². The number of hydrogen-bond acceptors (Lipinski definition) is 7. The fourth-order valence-electron chi connectivity index (χ4n) is 3.47. The molecule has 0 saturated heterocycles. The quantitative estimate of drug-likeness (QED) is 0.289. The number of nitrogens with zero attached hydrogens (tertiary/aromatic N) is 2. The number of carbonyl (C=O) groups excluding carboxylic acids is 1. The Morgan fingerprint density at radius 1 is 1.14 bits per heavy atom. The monoisotopic (exact) mass is 485 g/mol. The largest absolute Gasteiger partial charge is 0.497 e. The first kappa shape index (κ1) is 23.4. The van der Waals surface area contributed by atoms with Crippen LogP contribution >= 0.6 is 0 Å². The molecule has 4 rings (SSSR count). The molecule has 180 valence electrons. The number of nitro benzene ring substituents is 1. The van der Waals surface area contributed by atoms with Crippen molar-refractivity contribution in [2.24, 2.45) is 0 Å². The number of benzene rings is 3. The zero-order valence-electron chi connectivity index (χ0n) is 18.1. The number of oxazole rings is 1. The standard InChI is InChI=1S/C23H17F2N3O7/c1-33-16-6-2-13(3-7-16)17-10-14(4-9-19(17)34-22(24)25)26-21(29)12-27-18-8-5-15(28(31)32)11-20(18)35-23(27)30/h2-11,22H,12H2,1H3,(H,26,29). The lowest BCUT2D eigenvalue weighted by Gasteiger charge is -2.14. The summed E-state index contributed by atoms with van der Waals surface area (Å²) < 4.78 is 41.6. The van der Waals surface area contributed by atoms with E-state index >= 15 is 0 Å². The van der Waals surface area contributed by atoms with Crippen molar-refractivity contribution >= 4 is 28.4 Å². The Bertz CT molecular complexity index is 1460. The van der Waals surface area contributed by atoms with Crippen LogP contribution in [0.25, 0.3) is 22.2 Å². The van der Waals surface area contributed by atoms with Gasteiger partial charge in [0, 0.05) is 17.3 Å². The SMILES string of the molecule is COc1ccc(-c2cc(NC(=O)Cn3c(=O)oc4cc([N+](=O)[O-])ccc43)ccc2OC(F)F)cc1. The van der Waals surface area contributed by atoms with Gasteiger partial charge in [0.2, 0.25) is 5.91 Å². The molecule has 1 heterocycles. The molecular weight excluding hydrogens is 468 g/mol. The van der Waals surface area contributed by atoms with Crippen LogP contribution in [0, 0.1) is 10.1 Å². The van der Waals surface area contributed by atoms with Gasteiger partial charge < -0.3 is 19.2 Å². The number of halogens is 2. The van der Waals surface area contributed by atoms with E-state index in [1.165, 1.54) is 37.4 Å². The van der Waals surface area contributed by atoms with E-state index in [-0.39, 0.29) is 28.2 Å². The molecule has 35 heavy (non-hydrogen) atoms. The third-order valence-electron chi connectivity index (χ3n) is 5.04. The minimum atomic E-state index is -3.05. The molecule has 0 bridgehead atoms. The summed E-state index contributed by atoms with van der Waals surface area (Å²) in [5.74, 6) is -1.01. The second-order valence-corrected chi connectivity index (χ2v) is 7.23. The van der Waals surface area contributed by atoms with Crippen molar-refractivity contribution in [2.75, 3.05) is 12.4 Å². The molecule has 1 N–H and O–H groups in total. The zero-order valence-corrected chi connectivity index (χ0v) is 18.1. The van der Waals surface area contributed by atoms with E-state index in [1.807, 2.05) is 0 Å². The average Bonchev–Trinajstić information content (AvgIpc) is 3.13. The smallest absolute Gasteiger partial charge is 0.420 e. The predicted molar refractivity (Wildman–Crippen MR) is 121 cm³/mol. The fourth-order valence-corrected chi connectivity index (χ4v) is 3.47. The number of non-ortho nitro benzene ring substituents is 1. The number of aromatic nitrogens is 1. The number of alkyl halides is 2. The molecule has 0 aliphatic carbocycles. The summed E-state index contributed by atoms with van der Waals surface area (Å²) in [7, 11) is 1.49. The third kappa shape index (κ3) is 5.11. The van der Waals surface area contributed by atoms with Gasteiger partial charge in [-0.2, -0.15) is 8.78 Å². The van der Waals surface area contributed by atoms with E-state index in [2.05, 4.69) is 10.1 Å². The van der Waals surface area contributed by atoms with Crippen molar-refractivity contribution in [1.29, 1.82) is 0 Å². The van der Waals surface area contributed by atoms with E-state index in [0.29, 0.717) is 16.9 Å². The molecule has 0 saturated carbocycles. The van der Waals surface area contributed by atoms with Crippen LogP contribution in [0.2, 0.25) is 0 Å². The molecule has 0 unspecified atom stereocenters. The van der Waals surface area contributed by atoms with Crippen molar-refractivity contribution in [2.45, 2.75) is 13.2 Å². The average molecular weight is 485 g/mol. The Morgan fingerprint density at radius 3 is 2.54 bits per heavy atom. The molecule has 0 atom stereocenters. The predicted octanol–water partition coefficient (Wildman–Crippen LogP) is 4.42. The molecule has 0 radical (unpaired) electrons. The van der Waals surface area contributed by atoms with Gasteiger partial charge in [0.25, 0.3) is 5.69 Å². The van der Waals surface area contributed by atoms with Gasteiger partial charge in [-0.3, -0.25) is 19.5 Å². The molecule has 0 aliphatic heterocycles. The fraction of sp³-hybridized carbons (Fsp3) is 0.130. The maximum atomic E-state index is 12.9. The van der Waals surface area contributed by atoms with E-state index in [1.54, 1.807) is 24.3 Å². The first-order valence-electron chi connectivity index (χ1n) is 10.1. The Morgan fingerprint density at radius 2 is 1.89 bits per heavy atom. The van der Waals surface area contributed by atoms with Crippen molar-refractivity contribution < 1.29 is 32.4 Å². The molecule has 1 amide bonds. The summed E-state index contributed by atoms with van der Waals surface area (Å²) in [5, 5.41) is 13.5. The van der Waals surface area contributed by atoms with E-state index in [9.17, 15) is 28.5 Å². The highest BCUT2D eigenvalue weighted by atomic mass is 19.3. The second-order valence-electron chi connectivity index (χ2n) is 7.23. The summed E-state index contributed by atoms with van der Waals surface area (Å²) in [4.78, 5) is 35.1. The summed E-state index contributed by atoms with van der Waals surface area (Å²) in [6, 6.07) is 14.3. The number of nitrogens with one attached hydrogen (secondary N) is 1. The number of carbonyl (C=O) groups is 1. The van der Waals surface area contributed by atoms with E-state index in [0.717, 1.165) is 10.6 Å². The maximum Gasteiger partial charge on any atom is 0.420 e. The highest BCUT2D eigenvalue weighted by molar-refractivity contribution is 5.92. The van der Waals surface area contributed by atoms with Crippen molar-refractivity contribution in [1.82, 2.24) is 4.57 Å². The second kappa shape index (κ2) is 9.63. The first-order chi connectivity index (χ1) is 16.7. The Hall–Kier alpha value is -4.74. The Kier molecular flexibility index (Phi) is 6.44. The summed E-state index contributed by atoms with van der Waals surface area (Å²) in [6.45, 7) is -3.50. The number of anilines is 1. The number of methoxy groups -OCH3 is 1.